The van der Waals surface area contributed by atoms with Crippen LogP contribution in [-0.2, 0) is 9.53 Å². The molecule has 1 fully saturated rings. The Morgan fingerprint density at radius 2 is 1.70 bits per heavy atom. The van der Waals surface area contributed by atoms with Crippen LogP contribution in [0.15, 0.2) is 12.1 Å². The van der Waals surface area contributed by atoms with Crippen LogP contribution in [0, 0.1) is 11.8 Å². The zero-order chi connectivity index (χ0) is 24.9. The summed E-state index contributed by atoms with van der Waals surface area (Å²) >= 11 is 0. The summed E-state index contributed by atoms with van der Waals surface area (Å²) in [7, 11) is 0. The fraction of sp³-hybridized carbons (Fsp3) is 0.692. The van der Waals surface area contributed by atoms with Crippen LogP contribution in [0.3, 0.4) is 0 Å². The van der Waals surface area contributed by atoms with E-state index in [0.29, 0.717) is 43.5 Å². The van der Waals surface area contributed by atoms with Gasteiger partial charge in [0.2, 0.25) is 0 Å². The maximum atomic E-state index is 13.0. The molecule has 0 aromatic heterocycles. The summed E-state index contributed by atoms with van der Waals surface area (Å²) in [6.07, 6.45) is 2.35. The van der Waals surface area contributed by atoms with Crippen LogP contribution in [0.5, 0.6) is 11.5 Å². The van der Waals surface area contributed by atoms with Crippen LogP contribution in [0.25, 0.3) is 0 Å². The van der Waals surface area contributed by atoms with E-state index in [9.17, 15) is 19.8 Å². The molecule has 1 heterocycles. The van der Waals surface area contributed by atoms with E-state index < -0.39 is 5.60 Å². The van der Waals surface area contributed by atoms with Gasteiger partial charge >= 0.3 is 5.97 Å². The molecule has 1 aliphatic rings. The topological polar surface area (TPSA) is 99.1 Å². The number of phenolic OH excluding ortho intramolecular Hbond substituents is 2. The van der Waals surface area contributed by atoms with Crippen molar-refractivity contribution < 1.29 is 24.5 Å². The Kier molecular flexibility index (Phi) is 9.18. The van der Waals surface area contributed by atoms with E-state index in [0.717, 1.165) is 12.8 Å². The molecule has 0 unspecified atom stereocenters. The minimum Gasteiger partial charge on any atom is -0.508 e. The lowest BCUT2D eigenvalue weighted by Crippen LogP contribution is -2.46. The number of ether oxygens (including phenoxy) is 1. The number of piperidine rings is 1. The Morgan fingerprint density at radius 1 is 1.09 bits per heavy atom. The maximum absolute atomic E-state index is 13.0. The van der Waals surface area contributed by atoms with E-state index in [2.05, 4.69) is 19.2 Å². The molecular weight excluding hydrogens is 420 g/mol. The highest BCUT2D eigenvalue weighted by atomic mass is 16.6. The van der Waals surface area contributed by atoms with Gasteiger partial charge in [0.1, 0.15) is 23.1 Å². The van der Waals surface area contributed by atoms with Gasteiger partial charge in [0.05, 0.1) is 5.56 Å². The van der Waals surface area contributed by atoms with Crippen LogP contribution >= 0.6 is 0 Å². The average molecular weight is 463 g/mol. The molecule has 0 aliphatic carbocycles. The van der Waals surface area contributed by atoms with Gasteiger partial charge in [-0.1, -0.05) is 27.7 Å². The standard InChI is InChI=1S/C26H42N2O5/c1-16(2)12-21(25(32)33-26(5,6)7)27-15-18-8-10-28(11-9-18)24(31)20-13-19(17(3)4)22(29)14-23(20)30/h13-14,16-18,21,27,29-30H,8-12,15H2,1-7H3/t21-/m1/s1. The number of carbonyl (C=O) groups is 2. The minimum atomic E-state index is -0.519. The Hall–Kier alpha value is -2.28. The van der Waals surface area contributed by atoms with Gasteiger partial charge in [0.25, 0.3) is 5.91 Å². The van der Waals surface area contributed by atoms with E-state index in [4.69, 9.17) is 4.74 Å². The molecule has 0 bridgehead atoms. The highest BCUT2D eigenvalue weighted by Gasteiger charge is 2.29. The number of nitrogens with zero attached hydrogens (tertiary/aromatic N) is 1. The molecule has 1 saturated heterocycles. The van der Waals surface area contributed by atoms with Gasteiger partial charge in [0.15, 0.2) is 0 Å². The smallest absolute Gasteiger partial charge is 0.323 e. The summed E-state index contributed by atoms with van der Waals surface area (Å²) in [4.78, 5) is 27.4. The molecule has 1 atom stereocenters. The molecule has 33 heavy (non-hydrogen) atoms. The van der Waals surface area contributed by atoms with Crippen molar-refractivity contribution in [1.29, 1.82) is 0 Å². The molecule has 1 aromatic carbocycles. The van der Waals surface area contributed by atoms with Crippen LogP contribution < -0.4 is 5.32 Å². The highest BCUT2D eigenvalue weighted by molar-refractivity contribution is 5.97. The number of amides is 1. The van der Waals surface area contributed by atoms with E-state index in [1.54, 1.807) is 11.0 Å². The number of esters is 1. The van der Waals surface area contributed by atoms with Crippen molar-refractivity contribution >= 4 is 11.9 Å². The first-order valence-electron chi connectivity index (χ1n) is 12.1. The number of hydrogen-bond acceptors (Lipinski definition) is 6. The number of carbonyl (C=O) groups excluding carboxylic acids is 2. The second-order valence-corrected chi connectivity index (χ2v) is 10.9. The maximum Gasteiger partial charge on any atom is 0.323 e. The predicted molar refractivity (Wildman–Crippen MR) is 130 cm³/mol. The summed E-state index contributed by atoms with van der Waals surface area (Å²) in [6, 6.07) is 2.51. The molecule has 186 valence electrons. The van der Waals surface area contributed by atoms with Gasteiger partial charge in [-0.3, -0.25) is 9.59 Å². The van der Waals surface area contributed by atoms with E-state index in [1.165, 1.54) is 6.07 Å². The molecule has 0 spiro atoms. The number of likely N-dealkylation sites (tertiary alicyclic amines) is 1. The summed E-state index contributed by atoms with van der Waals surface area (Å²) in [5.74, 6) is 0.135. The van der Waals surface area contributed by atoms with E-state index in [1.807, 2.05) is 34.6 Å². The quantitative estimate of drug-likeness (QED) is 0.495. The molecule has 0 saturated carbocycles. The summed E-state index contributed by atoms with van der Waals surface area (Å²) < 4.78 is 5.59. The minimum absolute atomic E-state index is 0.00442. The summed E-state index contributed by atoms with van der Waals surface area (Å²) in [5.41, 5.74) is 0.359. The fourth-order valence-electron chi connectivity index (χ4n) is 4.15. The number of benzene rings is 1. The monoisotopic (exact) mass is 462 g/mol. The first-order valence-corrected chi connectivity index (χ1v) is 12.1. The SMILES string of the molecule is CC(C)C[C@@H](NCC1CCN(C(=O)c2cc(C(C)C)c(O)cc2O)CC1)C(=O)OC(C)(C)C. The molecule has 1 aliphatic heterocycles. The van der Waals surface area contributed by atoms with E-state index in [-0.39, 0.29) is 40.9 Å². The molecule has 7 heteroatoms. The molecule has 1 aromatic rings. The molecule has 3 N–H and O–H groups in total. The van der Waals surface area contributed by atoms with Gasteiger partial charge in [-0.05, 0) is 76.0 Å². The molecule has 1 amide bonds. The third-order valence-electron chi connectivity index (χ3n) is 5.95. The van der Waals surface area contributed by atoms with Crippen molar-refractivity contribution in [2.45, 2.75) is 85.3 Å². The van der Waals surface area contributed by atoms with Gasteiger partial charge in [-0.2, -0.15) is 0 Å². The third-order valence-corrected chi connectivity index (χ3v) is 5.95. The van der Waals surface area contributed by atoms with Gasteiger partial charge in [0, 0.05) is 19.2 Å². The molecule has 0 radical (unpaired) electrons. The Balaban J connectivity index is 1.95. The van der Waals surface area contributed by atoms with Crippen molar-refractivity contribution in [1.82, 2.24) is 10.2 Å². The summed E-state index contributed by atoms with van der Waals surface area (Å²) in [6.45, 7) is 15.5. The first kappa shape index (κ1) is 27.0. The number of rotatable bonds is 8. The van der Waals surface area contributed by atoms with Crippen LogP contribution in [0.1, 0.15) is 89.6 Å². The van der Waals surface area contributed by atoms with Crippen LogP contribution in [-0.4, -0.2) is 58.3 Å². The second kappa shape index (κ2) is 11.2. The van der Waals surface area contributed by atoms with Gasteiger partial charge in [-0.15, -0.1) is 0 Å². The Morgan fingerprint density at radius 3 is 2.21 bits per heavy atom. The number of hydrogen-bond donors (Lipinski definition) is 3. The van der Waals surface area contributed by atoms with Gasteiger partial charge in [-0.25, -0.2) is 0 Å². The Labute approximate surface area is 198 Å². The average Bonchev–Trinajstić information content (AvgIpc) is 2.69. The number of nitrogens with one attached hydrogen (secondary N) is 1. The lowest BCUT2D eigenvalue weighted by molar-refractivity contribution is -0.158. The molecule has 2 rings (SSSR count). The molecular formula is C26H42N2O5. The zero-order valence-electron chi connectivity index (χ0n) is 21.3. The van der Waals surface area contributed by atoms with Crippen molar-refractivity contribution in [3.63, 3.8) is 0 Å². The lowest BCUT2D eigenvalue weighted by atomic mass is 9.94. The second-order valence-electron chi connectivity index (χ2n) is 10.9. The van der Waals surface area contributed by atoms with Crippen LogP contribution in [0.2, 0.25) is 0 Å². The highest BCUT2D eigenvalue weighted by Crippen LogP contribution is 2.33. The summed E-state index contributed by atoms with van der Waals surface area (Å²) in [5, 5.41) is 23.7. The normalized spacial score (nSPS) is 16.3. The van der Waals surface area contributed by atoms with Crippen molar-refractivity contribution in [2.24, 2.45) is 11.8 Å². The van der Waals surface area contributed by atoms with Crippen molar-refractivity contribution in [3.05, 3.63) is 23.3 Å². The Bertz CT molecular complexity index is 821. The third kappa shape index (κ3) is 7.91. The largest absolute Gasteiger partial charge is 0.508 e. The van der Waals surface area contributed by atoms with E-state index >= 15 is 0 Å². The lowest BCUT2D eigenvalue weighted by Gasteiger charge is -2.33. The predicted octanol–water partition coefficient (Wildman–Crippen LogP) is 4.42. The van der Waals surface area contributed by atoms with Gasteiger partial charge < -0.3 is 25.2 Å². The fourth-order valence-corrected chi connectivity index (χ4v) is 4.15. The van der Waals surface area contributed by atoms with Crippen molar-refractivity contribution in [2.75, 3.05) is 19.6 Å². The number of aromatic hydroxyl groups is 2. The number of phenols is 2. The van der Waals surface area contributed by atoms with Crippen LogP contribution in [0.4, 0.5) is 0 Å². The van der Waals surface area contributed by atoms with Crippen molar-refractivity contribution in [3.8, 4) is 11.5 Å². The first-order chi connectivity index (χ1) is 15.3. The molecule has 7 nitrogen and oxygen atoms in total. The zero-order valence-corrected chi connectivity index (χ0v) is 21.3.